The molecule has 1 rings (SSSR count). The number of unbranched alkanes of at least 4 members (excludes halogenated alkanes) is 8. The van der Waals surface area contributed by atoms with Crippen LogP contribution in [0.2, 0.25) is 0 Å². The van der Waals surface area contributed by atoms with E-state index in [0.717, 1.165) is 50.9 Å². The van der Waals surface area contributed by atoms with Crippen LogP contribution >= 0.6 is 0 Å². The molecule has 6 nitrogen and oxygen atoms in total. The first-order valence-electron chi connectivity index (χ1n) is 10.2. The summed E-state index contributed by atoms with van der Waals surface area (Å²) in [5.74, 6) is -0.0332. The smallest absolute Gasteiger partial charge is 0.240 e. The van der Waals surface area contributed by atoms with Crippen LogP contribution in [0.3, 0.4) is 0 Å². The number of carbonyl (C=O) groups excluding carboxylic acids is 1. The zero-order chi connectivity index (χ0) is 19.4. The Labute approximate surface area is 163 Å². The summed E-state index contributed by atoms with van der Waals surface area (Å²) in [4.78, 5) is 15.7. The predicted octanol–water partition coefficient (Wildman–Crippen LogP) is 3.83. The van der Waals surface area contributed by atoms with Gasteiger partial charge < -0.3 is 9.84 Å². The summed E-state index contributed by atoms with van der Waals surface area (Å²) in [5, 5.41) is 12.6. The van der Waals surface area contributed by atoms with Gasteiger partial charge in [-0.15, -0.1) is 0 Å². The Morgan fingerprint density at radius 2 is 1.70 bits per heavy atom. The zero-order valence-electron chi connectivity index (χ0n) is 16.4. The Bertz CT molecular complexity index is 495. The van der Waals surface area contributed by atoms with E-state index in [1.807, 2.05) is 12.1 Å². The van der Waals surface area contributed by atoms with Crippen LogP contribution in [0.1, 0.15) is 76.2 Å². The van der Waals surface area contributed by atoms with E-state index < -0.39 is 0 Å². The number of carbonyl (C=O) groups is 1. The number of pyridine rings is 1. The van der Waals surface area contributed by atoms with Crippen LogP contribution in [0.5, 0.6) is 0 Å². The molecular formula is C21H35N3O3. The van der Waals surface area contributed by atoms with Crippen LogP contribution in [-0.2, 0) is 9.53 Å². The molecule has 0 unspecified atom stereocenters. The highest BCUT2D eigenvalue weighted by Gasteiger charge is 1.99. The van der Waals surface area contributed by atoms with Crippen molar-refractivity contribution in [1.82, 2.24) is 10.4 Å². The fourth-order valence-electron chi connectivity index (χ4n) is 2.66. The van der Waals surface area contributed by atoms with E-state index in [1.165, 1.54) is 32.1 Å². The number of hydrogen-bond donors (Lipinski definition) is 2. The van der Waals surface area contributed by atoms with Crippen LogP contribution in [0.4, 0.5) is 0 Å². The number of nitrogens with one attached hydrogen (secondary N) is 1. The molecule has 0 radical (unpaired) electrons. The number of nitrogens with zero attached hydrogens (tertiary/aromatic N) is 2. The highest BCUT2D eigenvalue weighted by Crippen LogP contribution is 2.10. The van der Waals surface area contributed by atoms with E-state index in [1.54, 1.807) is 18.6 Å². The summed E-state index contributed by atoms with van der Waals surface area (Å²) < 4.78 is 5.51. The highest BCUT2D eigenvalue weighted by atomic mass is 16.5. The van der Waals surface area contributed by atoms with Gasteiger partial charge in [-0.2, -0.15) is 5.10 Å². The van der Waals surface area contributed by atoms with Gasteiger partial charge in [0, 0.05) is 44.2 Å². The van der Waals surface area contributed by atoms with Gasteiger partial charge in [0.1, 0.15) is 0 Å². The van der Waals surface area contributed by atoms with Gasteiger partial charge in [-0.25, -0.2) is 5.43 Å². The first-order chi connectivity index (χ1) is 13.3. The number of aromatic nitrogens is 1. The second-order valence-corrected chi connectivity index (χ2v) is 6.70. The number of amides is 1. The lowest BCUT2D eigenvalue weighted by Gasteiger charge is -2.04. The molecule has 0 saturated heterocycles. The summed E-state index contributed by atoms with van der Waals surface area (Å²) in [7, 11) is 0. The second-order valence-electron chi connectivity index (χ2n) is 6.70. The average Bonchev–Trinajstić information content (AvgIpc) is 2.69. The van der Waals surface area contributed by atoms with Gasteiger partial charge in [0.2, 0.25) is 5.91 Å². The van der Waals surface area contributed by atoms with Crippen molar-refractivity contribution in [3.8, 4) is 0 Å². The number of aliphatic hydroxyl groups is 1. The van der Waals surface area contributed by atoms with Crippen molar-refractivity contribution in [2.45, 2.75) is 70.6 Å². The number of aliphatic hydroxyl groups excluding tert-OH is 1. The SMILES string of the molecule is O=C(CCCCCCCCCCOCCCCO)NN=Cc1cccnc1. The van der Waals surface area contributed by atoms with Crippen LogP contribution in [-0.4, -0.2) is 42.0 Å². The molecule has 0 bridgehead atoms. The number of ether oxygens (including phenoxy) is 1. The van der Waals surface area contributed by atoms with Gasteiger partial charge in [0.15, 0.2) is 0 Å². The molecule has 1 amide bonds. The van der Waals surface area contributed by atoms with Gasteiger partial charge in [0.05, 0.1) is 6.21 Å². The monoisotopic (exact) mass is 377 g/mol. The summed E-state index contributed by atoms with van der Waals surface area (Å²) in [6, 6.07) is 3.72. The first kappa shape index (κ1) is 23.2. The van der Waals surface area contributed by atoms with Crippen LogP contribution in [0, 0.1) is 0 Å². The Kier molecular flexibility index (Phi) is 15.2. The molecule has 152 valence electrons. The molecule has 27 heavy (non-hydrogen) atoms. The maximum atomic E-state index is 11.7. The summed E-state index contributed by atoms with van der Waals surface area (Å²) >= 11 is 0. The topological polar surface area (TPSA) is 83.8 Å². The number of hydrogen-bond acceptors (Lipinski definition) is 5. The highest BCUT2D eigenvalue weighted by molar-refractivity contribution is 5.81. The summed E-state index contributed by atoms with van der Waals surface area (Å²) in [5.41, 5.74) is 3.42. The minimum atomic E-state index is -0.0332. The first-order valence-corrected chi connectivity index (χ1v) is 10.2. The van der Waals surface area contributed by atoms with Crippen LogP contribution < -0.4 is 5.43 Å². The Balaban J connectivity index is 1.82. The number of rotatable bonds is 17. The lowest BCUT2D eigenvalue weighted by atomic mass is 10.1. The molecule has 0 aliphatic rings. The lowest BCUT2D eigenvalue weighted by molar-refractivity contribution is -0.121. The fraction of sp³-hybridized carbons (Fsp3) is 0.667. The van der Waals surface area contributed by atoms with Gasteiger partial charge in [-0.05, 0) is 31.7 Å². The summed E-state index contributed by atoms with van der Waals surface area (Å²) in [6.07, 6.45) is 16.6. The van der Waals surface area contributed by atoms with Gasteiger partial charge in [-0.1, -0.05) is 44.6 Å². The van der Waals surface area contributed by atoms with E-state index >= 15 is 0 Å². The van der Waals surface area contributed by atoms with E-state index in [-0.39, 0.29) is 12.5 Å². The molecule has 1 heterocycles. The molecule has 0 aliphatic carbocycles. The fourth-order valence-corrected chi connectivity index (χ4v) is 2.66. The molecule has 2 N–H and O–H groups in total. The zero-order valence-corrected chi connectivity index (χ0v) is 16.4. The minimum absolute atomic E-state index is 0.0332. The summed E-state index contributed by atoms with van der Waals surface area (Å²) in [6.45, 7) is 1.86. The largest absolute Gasteiger partial charge is 0.396 e. The molecule has 0 atom stereocenters. The molecular weight excluding hydrogens is 342 g/mol. The minimum Gasteiger partial charge on any atom is -0.396 e. The standard InChI is InChI=1S/C21H35N3O3/c25-15-8-10-17-27-16-9-6-4-2-1-3-5-7-13-21(26)24-23-19-20-12-11-14-22-18-20/h11-12,14,18-19,25H,1-10,13,15-17H2,(H,24,26). The Morgan fingerprint density at radius 3 is 2.37 bits per heavy atom. The third kappa shape index (κ3) is 15.0. The van der Waals surface area contributed by atoms with E-state index in [2.05, 4.69) is 15.5 Å². The van der Waals surface area contributed by atoms with Gasteiger partial charge >= 0.3 is 0 Å². The second kappa shape index (κ2) is 17.6. The van der Waals surface area contributed by atoms with Gasteiger partial charge in [0.25, 0.3) is 0 Å². The Hall–Kier alpha value is -1.79. The van der Waals surface area contributed by atoms with Gasteiger partial charge in [-0.3, -0.25) is 9.78 Å². The molecule has 1 aromatic rings. The molecule has 0 aliphatic heterocycles. The number of hydrazone groups is 1. The molecule has 0 saturated carbocycles. The predicted molar refractivity (Wildman–Crippen MR) is 109 cm³/mol. The van der Waals surface area contributed by atoms with Crippen LogP contribution in [0.25, 0.3) is 0 Å². The third-order valence-electron chi connectivity index (χ3n) is 4.23. The maximum Gasteiger partial charge on any atom is 0.240 e. The van der Waals surface area contributed by atoms with Crippen molar-refractivity contribution in [1.29, 1.82) is 0 Å². The Morgan fingerprint density at radius 1 is 1.04 bits per heavy atom. The van der Waals surface area contributed by atoms with Crippen molar-refractivity contribution in [3.63, 3.8) is 0 Å². The van der Waals surface area contributed by atoms with Crippen molar-refractivity contribution in [3.05, 3.63) is 30.1 Å². The molecule has 0 spiro atoms. The molecule has 1 aromatic heterocycles. The quantitative estimate of drug-likeness (QED) is 0.245. The van der Waals surface area contributed by atoms with Crippen molar-refractivity contribution >= 4 is 12.1 Å². The third-order valence-corrected chi connectivity index (χ3v) is 4.23. The molecule has 0 aromatic carbocycles. The molecule has 0 fully saturated rings. The van der Waals surface area contributed by atoms with Crippen molar-refractivity contribution < 1.29 is 14.6 Å². The van der Waals surface area contributed by atoms with E-state index in [9.17, 15) is 4.79 Å². The molecule has 6 heteroatoms. The maximum absolute atomic E-state index is 11.7. The van der Waals surface area contributed by atoms with E-state index in [0.29, 0.717) is 6.42 Å². The average molecular weight is 378 g/mol. The normalized spacial score (nSPS) is 11.1. The lowest BCUT2D eigenvalue weighted by Crippen LogP contribution is -2.16. The van der Waals surface area contributed by atoms with Crippen molar-refractivity contribution in [2.75, 3.05) is 19.8 Å². The van der Waals surface area contributed by atoms with Crippen molar-refractivity contribution in [2.24, 2.45) is 5.10 Å². The van der Waals surface area contributed by atoms with Crippen LogP contribution in [0.15, 0.2) is 29.6 Å². The van der Waals surface area contributed by atoms with E-state index in [4.69, 9.17) is 9.84 Å².